The largest absolute Gasteiger partial charge is 0.393 e. The molecule has 0 spiro atoms. The summed E-state index contributed by atoms with van der Waals surface area (Å²) in [6.45, 7) is 3.25. The Kier molecular flexibility index (Phi) is 7.43. The van der Waals surface area contributed by atoms with E-state index in [9.17, 15) is 13.5 Å². The zero-order valence-corrected chi connectivity index (χ0v) is 16.6. The average Bonchev–Trinajstić information content (AvgIpc) is 2.62. The standard InChI is InChI=1S/C18H30N4O3S/c1-4-19-18(21-15-7-9-16(23)10-8-15)20-13-14-5-11-17(12-6-14)26(24,25)22(2)3/h5-6,11-12,15-16,23H,4,7-10,13H2,1-3H3,(H2,19,20,21). The molecule has 1 aromatic carbocycles. The van der Waals surface area contributed by atoms with Crippen LogP contribution in [0.15, 0.2) is 34.2 Å². The third-order valence-corrected chi connectivity index (χ3v) is 6.33. The van der Waals surface area contributed by atoms with Crippen LogP contribution in [0.2, 0.25) is 0 Å². The molecule has 0 unspecified atom stereocenters. The molecular formula is C18H30N4O3S. The minimum Gasteiger partial charge on any atom is -0.393 e. The first kappa shape index (κ1) is 20.7. The summed E-state index contributed by atoms with van der Waals surface area (Å²) < 4.78 is 25.4. The van der Waals surface area contributed by atoms with E-state index in [1.807, 2.05) is 6.92 Å². The summed E-state index contributed by atoms with van der Waals surface area (Å²) in [5, 5.41) is 16.3. The summed E-state index contributed by atoms with van der Waals surface area (Å²) in [4.78, 5) is 4.87. The van der Waals surface area contributed by atoms with E-state index in [4.69, 9.17) is 0 Å². The van der Waals surface area contributed by atoms with Gasteiger partial charge in [-0.05, 0) is 50.3 Å². The first-order chi connectivity index (χ1) is 12.3. The van der Waals surface area contributed by atoms with E-state index in [-0.39, 0.29) is 11.0 Å². The summed E-state index contributed by atoms with van der Waals surface area (Å²) >= 11 is 0. The molecule has 7 nitrogen and oxygen atoms in total. The summed E-state index contributed by atoms with van der Waals surface area (Å²) in [5.74, 6) is 0.749. The fourth-order valence-corrected chi connectivity index (χ4v) is 3.78. The van der Waals surface area contributed by atoms with Gasteiger partial charge in [-0.2, -0.15) is 0 Å². The number of nitrogens with one attached hydrogen (secondary N) is 2. The van der Waals surface area contributed by atoms with Crippen molar-refractivity contribution in [2.45, 2.75) is 56.2 Å². The van der Waals surface area contributed by atoms with E-state index in [2.05, 4.69) is 15.6 Å². The molecule has 0 heterocycles. The normalized spacial score (nSPS) is 21.7. The second-order valence-corrected chi connectivity index (χ2v) is 8.93. The number of hydrogen-bond donors (Lipinski definition) is 3. The molecule has 0 aliphatic heterocycles. The SMILES string of the molecule is CCNC(=NCc1ccc(S(=O)(=O)N(C)C)cc1)NC1CCC(O)CC1. The molecule has 3 N–H and O–H groups in total. The first-order valence-corrected chi connectivity index (χ1v) is 10.5. The zero-order chi connectivity index (χ0) is 19.2. The Morgan fingerprint density at radius 2 is 1.81 bits per heavy atom. The lowest BCUT2D eigenvalue weighted by molar-refractivity contribution is 0.120. The minimum absolute atomic E-state index is 0.176. The van der Waals surface area contributed by atoms with Crippen LogP contribution in [0.4, 0.5) is 0 Å². The van der Waals surface area contributed by atoms with Gasteiger partial charge >= 0.3 is 0 Å². The van der Waals surface area contributed by atoms with E-state index < -0.39 is 10.0 Å². The van der Waals surface area contributed by atoms with Gasteiger partial charge in [0.05, 0.1) is 17.5 Å². The number of nitrogens with zero attached hydrogens (tertiary/aromatic N) is 2. The second-order valence-electron chi connectivity index (χ2n) is 6.78. The van der Waals surface area contributed by atoms with E-state index in [1.165, 1.54) is 18.4 Å². The summed E-state index contributed by atoms with van der Waals surface area (Å²) in [7, 11) is -0.365. The topological polar surface area (TPSA) is 94.0 Å². The molecule has 0 radical (unpaired) electrons. The number of aliphatic hydroxyl groups excluding tert-OH is 1. The number of rotatable bonds is 6. The van der Waals surface area contributed by atoms with Gasteiger partial charge in [0.15, 0.2) is 5.96 Å². The van der Waals surface area contributed by atoms with Gasteiger partial charge in [-0.1, -0.05) is 12.1 Å². The minimum atomic E-state index is -3.40. The fourth-order valence-electron chi connectivity index (χ4n) is 2.88. The van der Waals surface area contributed by atoms with Crippen molar-refractivity contribution in [3.8, 4) is 0 Å². The Morgan fingerprint density at radius 3 is 2.35 bits per heavy atom. The van der Waals surface area contributed by atoms with Gasteiger partial charge in [0.25, 0.3) is 0 Å². The van der Waals surface area contributed by atoms with Crippen LogP contribution in [-0.4, -0.2) is 56.6 Å². The van der Waals surface area contributed by atoms with Gasteiger partial charge in [0, 0.05) is 26.7 Å². The number of guanidine groups is 1. The van der Waals surface area contributed by atoms with Gasteiger partial charge in [0.1, 0.15) is 0 Å². The van der Waals surface area contributed by atoms with Crippen molar-refractivity contribution in [1.82, 2.24) is 14.9 Å². The van der Waals surface area contributed by atoms with E-state index in [0.717, 1.165) is 43.8 Å². The number of sulfonamides is 1. The van der Waals surface area contributed by atoms with Crippen molar-refractivity contribution in [3.63, 3.8) is 0 Å². The maximum Gasteiger partial charge on any atom is 0.242 e. The van der Waals surface area contributed by atoms with Crippen LogP contribution >= 0.6 is 0 Å². The zero-order valence-electron chi connectivity index (χ0n) is 15.8. The van der Waals surface area contributed by atoms with Crippen LogP contribution in [0, 0.1) is 0 Å². The molecule has 0 bridgehead atoms. The highest BCUT2D eigenvalue weighted by atomic mass is 32.2. The van der Waals surface area contributed by atoms with Crippen molar-refractivity contribution >= 4 is 16.0 Å². The van der Waals surface area contributed by atoms with Crippen LogP contribution in [0.5, 0.6) is 0 Å². The smallest absolute Gasteiger partial charge is 0.242 e. The van der Waals surface area contributed by atoms with Crippen molar-refractivity contribution in [1.29, 1.82) is 0 Å². The molecule has 0 atom stereocenters. The van der Waals surface area contributed by atoms with Crippen molar-refractivity contribution in [2.24, 2.45) is 4.99 Å². The molecule has 8 heteroatoms. The van der Waals surface area contributed by atoms with Gasteiger partial charge < -0.3 is 15.7 Å². The van der Waals surface area contributed by atoms with Crippen molar-refractivity contribution < 1.29 is 13.5 Å². The summed E-state index contributed by atoms with van der Waals surface area (Å²) in [6, 6.07) is 7.14. The summed E-state index contributed by atoms with van der Waals surface area (Å²) in [6.07, 6.45) is 3.33. The highest BCUT2D eigenvalue weighted by Gasteiger charge is 2.20. The lowest BCUT2D eigenvalue weighted by Crippen LogP contribution is -2.45. The maximum absolute atomic E-state index is 12.1. The average molecular weight is 383 g/mol. The van der Waals surface area contributed by atoms with Crippen LogP contribution in [0.1, 0.15) is 38.2 Å². The fraction of sp³-hybridized carbons (Fsp3) is 0.611. The van der Waals surface area contributed by atoms with Crippen molar-refractivity contribution in [2.75, 3.05) is 20.6 Å². The third kappa shape index (κ3) is 5.69. The predicted molar refractivity (Wildman–Crippen MR) is 104 cm³/mol. The third-order valence-electron chi connectivity index (χ3n) is 4.50. The summed E-state index contributed by atoms with van der Waals surface area (Å²) in [5.41, 5.74) is 0.943. The van der Waals surface area contributed by atoms with Gasteiger partial charge in [-0.15, -0.1) is 0 Å². The molecule has 1 aliphatic rings. The molecular weight excluding hydrogens is 352 g/mol. The predicted octanol–water partition coefficient (Wildman–Crippen LogP) is 1.30. The van der Waals surface area contributed by atoms with Gasteiger partial charge in [-0.3, -0.25) is 0 Å². The van der Waals surface area contributed by atoms with E-state index in [0.29, 0.717) is 12.6 Å². The molecule has 1 aromatic rings. The molecule has 1 saturated carbocycles. The Labute approximate surface area is 156 Å². The molecule has 1 aliphatic carbocycles. The Morgan fingerprint density at radius 1 is 1.19 bits per heavy atom. The highest BCUT2D eigenvalue weighted by molar-refractivity contribution is 7.89. The van der Waals surface area contributed by atoms with E-state index in [1.54, 1.807) is 24.3 Å². The monoisotopic (exact) mass is 382 g/mol. The van der Waals surface area contributed by atoms with Crippen molar-refractivity contribution in [3.05, 3.63) is 29.8 Å². The second kappa shape index (κ2) is 9.34. The lowest BCUT2D eigenvalue weighted by atomic mass is 9.93. The van der Waals surface area contributed by atoms with Crippen LogP contribution in [0.3, 0.4) is 0 Å². The molecule has 0 amide bonds. The molecule has 2 rings (SSSR count). The Balaban J connectivity index is 2.00. The van der Waals surface area contributed by atoms with Crippen LogP contribution < -0.4 is 10.6 Å². The molecule has 0 aromatic heterocycles. The quantitative estimate of drug-likeness (QED) is 0.509. The number of benzene rings is 1. The van der Waals surface area contributed by atoms with E-state index >= 15 is 0 Å². The van der Waals surface area contributed by atoms with Gasteiger partial charge in [-0.25, -0.2) is 17.7 Å². The van der Waals surface area contributed by atoms with Crippen LogP contribution in [0.25, 0.3) is 0 Å². The molecule has 146 valence electrons. The highest BCUT2D eigenvalue weighted by Crippen LogP contribution is 2.18. The number of hydrogen-bond acceptors (Lipinski definition) is 4. The number of aliphatic hydroxyl groups is 1. The van der Waals surface area contributed by atoms with Crippen LogP contribution in [-0.2, 0) is 16.6 Å². The Bertz CT molecular complexity index is 694. The molecule has 26 heavy (non-hydrogen) atoms. The Hall–Kier alpha value is -1.64. The molecule has 0 saturated heterocycles. The lowest BCUT2D eigenvalue weighted by Gasteiger charge is -2.27. The molecule has 1 fully saturated rings. The van der Waals surface area contributed by atoms with Gasteiger partial charge in [0.2, 0.25) is 10.0 Å². The maximum atomic E-state index is 12.1. The first-order valence-electron chi connectivity index (χ1n) is 9.07. The number of aliphatic imine (C=N–C) groups is 1.